The van der Waals surface area contributed by atoms with Gasteiger partial charge in [-0.25, -0.2) is 0 Å². The lowest BCUT2D eigenvalue weighted by Crippen LogP contribution is -1.77. The zero-order valence-electron chi connectivity index (χ0n) is 9.28. The fraction of sp³-hybridized carbons (Fsp3) is 0.818. The van der Waals surface area contributed by atoms with E-state index in [4.69, 9.17) is 0 Å². The maximum atomic E-state index is 2.68. The summed E-state index contributed by atoms with van der Waals surface area (Å²) in [6.45, 7) is 14.3. The summed E-state index contributed by atoms with van der Waals surface area (Å²) >= 11 is 0. The summed E-state index contributed by atoms with van der Waals surface area (Å²) in [6.07, 6.45) is 1.31. The van der Waals surface area contributed by atoms with E-state index in [1.54, 1.807) is 0 Å². The molecule has 0 unspecified atom stereocenters. The molecule has 0 nitrogen and oxygen atoms in total. The molecular weight excluding hydrogens is 132 g/mol. The highest BCUT2D eigenvalue weighted by Crippen LogP contribution is 1.93. The molecule has 0 aliphatic heterocycles. The van der Waals surface area contributed by atoms with Gasteiger partial charge in [0, 0.05) is 0 Å². The number of rotatable bonds is 1. The fourth-order valence-electron chi connectivity index (χ4n) is 0. The van der Waals surface area contributed by atoms with E-state index >= 15 is 0 Å². The van der Waals surface area contributed by atoms with Crippen LogP contribution in [0.2, 0.25) is 0 Å². The van der Waals surface area contributed by atoms with Crippen molar-refractivity contribution >= 4 is 0 Å². The summed E-state index contributed by atoms with van der Waals surface area (Å²) in [5.41, 5.74) is 0. The van der Waals surface area contributed by atoms with Crippen molar-refractivity contribution in [3.8, 4) is 11.8 Å². The van der Waals surface area contributed by atoms with Crippen LogP contribution in [0.15, 0.2) is 0 Å². The summed E-state index contributed by atoms with van der Waals surface area (Å²) in [6, 6.07) is 0. The van der Waals surface area contributed by atoms with Gasteiger partial charge >= 0.3 is 0 Å². The van der Waals surface area contributed by atoms with Crippen molar-refractivity contribution < 1.29 is 0 Å². The standard InChI is InChI=1S/C5H12.C4H6.C2H6/c1-4-5(2)3;1-3-4-2;1-2/h5H,4H2,1-3H3;1-2H3;1-2H3. The van der Waals surface area contributed by atoms with Crippen molar-refractivity contribution in [1.82, 2.24) is 0 Å². The lowest BCUT2D eigenvalue weighted by Gasteiger charge is -1.90. The molecule has 0 amide bonds. The monoisotopic (exact) mass is 156 g/mol. The smallest absolute Gasteiger partial charge is 0.00271 e. The average molecular weight is 156 g/mol. The van der Waals surface area contributed by atoms with Crippen LogP contribution in [-0.2, 0) is 0 Å². The summed E-state index contributed by atoms with van der Waals surface area (Å²) in [5, 5.41) is 0. The molecule has 0 atom stereocenters. The molecule has 0 radical (unpaired) electrons. The summed E-state index contributed by atoms with van der Waals surface area (Å²) < 4.78 is 0. The third-order valence-electron chi connectivity index (χ3n) is 1.07. The van der Waals surface area contributed by atoms with Crippen LogP contribution in [0.3, 0.4) is 0 Å². The summed E-state index contributed by atoms with van der Waals surface area (Å²) in [7, 11) is 0. The molecule has 0 heteroatoms. The SMILES string of the molecule is CC.CC#CC.CCC(C)C. The molecule has 0 spiro atoms. The highest BCUT2D eigenvalue weighted by Gasteiger charge is 1.80. The molecule has 0 aromatic carbocycles. The molecule has 0 saturated carbocycles. The maximum absolute atomic E-state index is 2.68. The second kappa shape index (κ2) is 22.7. The van der Waals surface area contributed by atoms with E-state index in [2.05, 4.69) is 32.6 Å². The molecule has 0 aliphatic carbocycles. The molecule has 68 valence electrons. The van der Waals surface area contributed by atoms with Gasteiger partial charge in [-0.3, -0.25) is 0 Å². The molecule has 0 aromatic heterocycles. The Balaban J connectivity index is -0.0000000965. The van der Waals surface area contributed by atoms with Gasteiger partial charge in [0.2, 0.25) is 0 Å². The van der Waals surface area contributed by atoms with E-state index in [9.17, 15) is 0 Å². The topological polar surface area (TPSA) is 0 Å². The fourth-order valence-corrected chi connectivity index (χ4v) is 0. The van der Waals surface area contributed by atoms with Crippen LogP contribution in [0.4, 0.5) is 0 Å². The quantitative estimate of drug-likeness (QED) is 0.501. The third-order valence-corrected chi connectivity index (χ3v) is 1.07. The van der Waals surface area contributed by atoms with Crippen molar-refractivity contribution in [2.45, 2.75) is 54.9 Å². The number of hydrogen-bond acceptors (Lipinski definition) is 0. The third kappa shape index (κ3) is 83.4. The van der Waals surface area contributed by atoms with E-state index in [0.29, 0.717) is 0 Å². The van der Waals surface area contributed by atoms with E-state index in [1.165, 1.54) is 6.42 Å². The summed E-state index contributed by atoms with van der Waals surface area (Å²) in [4.78, 5) is 0. The second-order valence-electron chi connectivity index (χ2n) is 2.30. The van der Waals surface area contributed by atoms with Crippen molar-refractivity contribution in [2.24, 2.45) is 5.92 Å². The molecule has 11 heavy (non-hydrogen) atoms. The van der Waals surface area contributed by atoms with Crippen LogP contribution in [0.1, 0.15) is 54.9 Å². The Morgan fingerprint density at radius 1 is 1.00 bits per heavy atom. The molecule has 0 bridgehead atoms. The summed E-state index contributed by atoms with van der Waals surface area (Å²) in [5.74, 6) is 6.25. The Labute approximate surface area is 73.4 Å². The van der Waals surface area contributed by atoms with Crippen molar-refractivity contribution in [2.75, 3.05) is 0 Å². The Morgan fingerprint density at radius 3 is 1.18 bits per heavy atom. The molecule has 0 fully saturated rings. The molecular formula is C11H24. The Bertz CT molecular complexity index is 73.9. The molecule has 0 aromatic rings. The van der Waals surface area contributed by atoms with E-state index in [-0.39, 0.29) is 0 Å². The highest BCUT2D eigenvalue weighted by atomic mass is 13.9. The zero-order chi connectivity index (χ0) is 9.70. The van der Waals surface area contributed by atoms with E-state index in [0.717, 1.165) is 5.92 Å². The van der Waals surface area contributed by atoms with Gasteiger partial charge < -0.3 is 0 Å². The Kier molecular flexibility index (Phi) is 34.8. The van der Waals surface area contributed by atoms with Crippen molar-refractivity contribution in [3.63, 3.8) is 0 Å². The van der Waals surface area contributed by atoms with Gasteiger partial charge in [0.15, 0.2) is 0 Å². The molecule has 0 saturated heterocycles. The first kappa shape index (κ1) is 16.9. The zero-order valence-corrected chi connectivity index (χ0v) is 9.28. The minimum absolute atomic E-state index is 0.884. The van der Waals surface area contributed by atoms with Gasteiger partial charge in [0.05, 0.1) is 0 Å². The minimum Gasteiger partial charge on any atom is -0.107 e. The molecule has 0 rings (SSSR count). The van der Waals surface area contributed by atoms with Crippen LogP contribution in [0.5, 0.6) is 0 Å². The van der Waals surface area contributed by atoms with Gasteiger partial charge in [-0.15, -0.1) is 11.8 Å². The van der Waals surface area contributed by atoms with Crippen LogP contribution >= 0.6 is 0 Å². The van der Waals surface area contributed by atoms with E-state index in [1.807, 2.05) is 27.7 Å². The first-order chi connectivity index (χ1) is 5.18. The van der Waals surface area contributed by atoms with Crippen LogP contribution < -0.4 is 0 Å². The van der Waals surface area contributed by atoms with Gasteiger partial charge in [-0.1, -0.05) is 41.0 Å². The first-order valence-electron chi connectivity index (χ1n) is 4.52. The van der Waals surface area contributed by atoms with Gasteiger partial charge in [0.1, 0.15) is 0 Å². The van der Waals surface area contributed by atoms with E-state index < -0.39 is 0 Å². The largest absolute Gasteiger partial charge is 0.107 e. The molecule has 0 N–H and O–H groups in total. The Morgan fingerprint density at radius 2 is 1.18 bits per heavy atom. The average Bonchev–Trinajstić information content (AvgIpc) is 2.08. The van der Waals surface area contributed by atoms with Crippen LogP contribution in [-0.4, -0.2) is 0 Å². The highest BCUT2D eigenvalue weighted by molar-refractivity contribution is 4.89. The van der Waals surface area contributed by atoms with Crippen LogP contribution in [0.25, 0.3) is 0 Å². The minimum atomic E-state index is 0.884. The second-order valence-corrected chi connectivity index (χ2v) is 2.30. The lowest BCUT2D eigenvalue weighted by molar-refractivity contribution is 0.626. The predicted molar refractivity (Wildman–Crippen MR) is 55.6 cm³/mol. The molecule has 0 heterocycles. The maximum Gasteiger partial charge on any atom is -0.00271 e. The normalized spacial score (nSPS) is 6.18. The predicted octanol–water partition coefficient (Wildman–Crippen LogP) is 4.11. The first-order valence-corrected chi connectivity index (χ1v) is 4.52. The molecule has 0 aliphatic rings. The van der Waals surface area contributed by atoms with Crippen molar-refractivity contribution in [1.29, 1.82) is 0 Å². The Hall–Kier alpha value is -0.440. The van der Waals surface area contributed by atoms with Crippen LogP contribution in [0, 0.1) is 17.8 Å². The van der Waals surface area contributed by atoms with Crippen molar-refractivity contribution in [3.05, 3.63) is 0 Å². The number of hydrogen-bond donors (Lipinski definition) is 0. The lowest BCUT2D eigenvalue weighted by atomic mass is 10.2. The van der Waals surface area contributed by atoms with Gasteiger partial charge in [0.25, 0.3) is 0 Å². The van der Waals surface area contributed by atoms with Gasteiger partial charge in [-0.05, 0) is 19.8 Å². The van der Waals surface area contributed by atoms with Gasteiger partial charge in [-0.2, -0.15) is 0 Å².